The minimum Gasteiger partial charge on any atom is -0.385 e. The molecule has 3 rings (SSSR count). The largest absolute Gasteiger partial charge is 0.385 e. The van der Waals surface area contributed by atoms with E-state index in [1.54, 1.807) is 12.1 Å². The number of benzene rings is 2. The first-order valence-corrected chi connectivity index (χ1v) is 7.44. The monoisotopic (exact) mass is 294 g/mol. The lowest BCUT2D eigenvalue weighted by atomic mass is 9.93. The van der Waals surface area contributed by atoms with Crippen molar-refractivity contribution in [1.29, 1.82) is 0 Å². The van der Waals surface area contributed by atoms with E-state index in [4.69, 9.17) is 4.84 Å². The third kappa shape index (κ3) is 2.86. The van der Waals surface area contributed by atoms with Crippen LogP contribution in [0.4, 0.5) is 0 Å². The Labute approximate surface area is 129 Å². The molecule has 0 saturated carbocycles. The van der Waals surface area contributed by atoms with E-state index in [0.717, 1.165) is 12.0 Å². The van der Waals surface area contributed by atoms with Gasteiger partial charge in [0.15, 0.2) is 11.9 Å². The summed E-state index contributed by atoms with van der Waals surface area (Å²) in [5.41, 5.74) is 1.69. The Hall–Kier alpha value is -2.62. The average Bonchev–Trinajstić information content (AvgIpc) is 2.99. The molecule has 1 aliphatic rings. The van der Waals surface area contributed by atoms with E-state index < -0.39 is 0 Å². The highest BCUT2D eigenvalue weighted by Gasteiger charge is 2.35. The molecule has 0 spiro atoms. The van der Waals surface area contributed by atoms with Crippen LogP contribution in [-0.4, -0.2) is 11.7 Å². The molecule has 1 N–H and O–H groups in total. The van der Waals surface area contributed by atoms with Crippen LogP contribution < -0.4 is 5.32 Å². The SMILES string of the molecule is CC[C@H]1C(NC(=O)c2ccccc2)=NO[C@H]1c1ccccc1. The Morgan fingerprint density at radius 2 is 1.73 bits per heavy atom. The summed E-state index contributed by atoms with van der Waals surface area (Å²) in [6.45, 7) is 2.07. The molecule has 1 amide bonds. The number of rotatable bonds is 3. The van der Waals surface area contributed by atoms with Gasteiger partial charge in [0.1, 0.15) is 0 Å². The fraction of sp³-hybridized carbons (Fsp3) is 0.222. The molecule has 1 aliphatic heterocycles. The van der Waals surface area contributed by atoms with Crippen LogP contribution in [0.15, 0.2) is 65.8 Å². The molecule has 0 saturated heterocycles. The van der Waals surface area contributed by atoms with Crippen LogP contribution in [0.25, 0.3) is 0 Å². The number of carbonyl (C=O) groups excluding carboxylic acids is 1. The molecule has 0 aliphatic carbocycles. The molecule has 4 nitrogen and oxygen atoms in total. The van der Waals surface area contributed by atoms with Crippen molar-refractivity contribution >= 4 is 11.7 Å². The average molecular weight is 294 g/mol. The topological polar surface area (TPSA) is 50.7 Å². The van der Waals surface area contributed by atoms with Gasteiger partial charge in [-0.05, 0) is 24.1 Å². The summed E-state index contributed by atoms with van der Waals surface area (Å²) in [5, 5.41) is 6.98. The Morgan fingerprint density at radius 1 is 1.09 bits per heavy atom. The van der Waals surface area contributed by atoms with Crippen molar-refractivity contribution < 1.29 is 9.63 Å². The van der Waals surface area contributed by atoms with Crippen LogP contribution in [0.1, 0.15) is 35.4 Å². The number of nitrogens with one attached hydrogen (secondary N) is 1. The van der Waals surface area contributed by atoms with E-state index >= 15 is 0 Å². The van der Waals surface area contributed by atoms with Gasteiger partial charge in [-0.15, -0.1) is 0 Å². The molecule has 0 fully saturated rings. The molecule has 2 aromatic rings. The number of hydrogen-bond donors (Lipinski definition) is 1. The molecular weight excluding hydrogens is 276 g/mol. The minimum absolute atomic E-state index is 0.0510. The Bertz CT molecular complexity index is 668. The zero-order valence-electron chi connectivity index (χ0n) is 12.4. The predicted molar refractivity (Wildman–Crippen MR) is 85.4 cm³/mol. The summed E-state index contributed by atoms with van der Waals surface area (Å²) in [4.78, 5) is 17.8. The first-order valence-electron chi connectivity index (χ1n) is 7.44. The molecule has 0 radical (unpaired) electrons. The Balaban J connectivity index is 1.74. The quantitative estimate of drug-likeness (QED) is 0.941. The van der Waals surface area contributed by atoms with Gasteiger partial charge in [0.05, 0.1) is 5.92 Å². The van der Waals surface area contributed by atoms with Crippen molar-refractivity contribution in [1.82, 2.24) is 5.32 Å². The number of nitrogens with zero attached hydrogens (tertiary/aromatic N) is 1. The normalized spacial score (nSPS) is 20.1. The summed E-state index contributed by atoms with van der Waals surface area (Å²) in [7, 11) is 0. The highest BCUT2D eigenvalue weighted by atomic mass is 16.6. The first kappa shape index (κ1) is 14.3. The summed E-state index contributed by atoms with van der Waals surface area (Å²) in [5.74, 6) is 0.496. The van der Waals surface area contributed by atoms with E-state index in [1.165, 1.54) is 0 Å². The van der Waals surface area contributed by atoms with Crippen molar-refractivity contribution in [3.05, 3.63) is 71.8 Å². The smallest absolute Gasteiger partial charge is 0.256 e. The lowest BCUT2D eigenvalue weighted by Gasteiger charge is -2.17. The fourth-order valence-corrected chi connectivity index (χ4v) is 2.63. The van der Waals surface area contributed by atoms with Gasteiger partial charge < -0.3 is 10.2 Å². The first-order chi connectivity index (χ1) is 10.8. The summed E-state index contributed by atoms with van der Waals surface area (Å²) < 4.78 is 0. The Kier molecular flexibility index (Phi) is 4.19. The minimum atomic E-state index is -0.157. The van der Waals surface area contributed by atoms with Gasteiger partial charge in [0.2, 0.25) is 0 Å². The van der Waals surface area contributed by atoms with E-state index in [2.05, 4.69) is 17.4 Å². The van der Waals surface area contributed by atoms with Crippen LogP contribution in [0.2, 0.25) is 0 Å². The number of amides is 1. The maximum absolute atomic E-state index is 12.3. The predicted octanol–water partition coefficient (Wildman–Crippen LogP) is 3.53. The van der Waals surface area contributed by atoms with E-state index in [0.29, 0.717) is 11.4 Å². The van der Waals surface area contributed by atoms with Gasteiger partial charge in [0.25, 0.3) is 5.91 Å². The van der Waals surface area contributed by atoms with Gasteiger partial charge in [-0.2, -0.15) is 0 Å². The molecule has 0 aromatic heterocycles. The second-order valence-electron chi connectivity index (χ2n) is 5.25. The van der Waals surface area contributed by atoms with Gasteiger partial charge >= 0.3 is 0 Å². The lowest BCUT2D eigenvalue weighted by Crippen LogP contribution is -2.35. The maximum Gasteiger partial charge on any atom is 0.256 e. The van der Waals surface area contributed by atoms with Gasteiger partial charge in [-0.25, -0.2) is 0 Å². The Morgan fingerprint density at radius 3 is 2.36 bits per heavy atom. The van der Waals surface area contributed by atoms with Crippen molar-refractivity contribution in [3.8, 4) is 0 Å². The third-order valence-corrected chi connectivity index (χ3v) is 3.83. The van der Waals surface area contributed by atoms with Crippen molar-refractivity contribution in [3.63, 3.8) is 0 Å². The van der Waals surface area contributed by atoms with Crippen molar-refractivity contribution in [2.24, 2.45) is 11.1 Å². The molecule has 2 aromatic carbocycles. The van der Waals surface area contributed by atoms with E-state index in [9.17, 15) is 4.79 Å². The second-order valence-corrected chi connectivity index (χ2v) is 5.25. The van der Waals surface area contributed by atoms with E-state index in [-0.39, 0.29) is 17.9 Å². The van der Waals surface area contributed by atoms with Crippen LogP contribution >= 0.6 is 0 Å². The number of hydrogen-bond acceptors (Lipinski definition) is 3. The fourth-order valence-electron chi connectivity index (χ4n) is 2.63. The second kappa shape index (κ2) is 6.43. The molecular formula is C18H18N2O2. The zero-order valence-corrected chi connectivity index (χ0v) is 12.4. The zero-order chi connectivity index (χ0) is 15.4. The third-order valence-electron chi connectivity index (χ3n) is 3.83. The number of amidine groups is 1. The van der Waals surface area contributed by atoms with Gasteiger partial charge in [0, 0.05) is 5.56 Å². The van der Waals surface area contributed by atoms with Crippen LogP contribution in [0, 0.1) is 5.92 Å². The van der Waals surface area contributed by atoms with Gasteiger partial charge in [-0.3, -0.25) is 4.79 Å². The highest BCUT2D eigenvalue weighted by Crippen LogP contribution is 2.34. The van der Waals surface area contributed by atoms with Crippen LogP contribution in [-0.2, 0) is 4.84 Å². The standard InChI is InChI=1S/C18H18N2O2/c1-2-15-16(13-9-5-3-6-10-13)22-20-17(15)19-18(21)14-11-7-4-8-12-14/h3-12,15-16H,2H2,1H3,(H,19,20,21)/t15-,16+/m1/s1. The molecule has 2 atom stereocenters. The number of carbonyl (C=O) groups is 1. The summed E-state index contributed by atoms with van der Waals surface area (Å²) in [6, 6.07) is 19.1. The molecule has 1 heterocycles. The lowest BCUT2D eigenvalue weighted by molar-refractivity contribution is 0.0605. The van der Waals surface area contributed by atoms with Crippen LogP contribution in [0.5, 0.6) is 0 Å². The van der Waals surface area contributed by atoms with Crippen molar-refractivity contribution in [2.45, 2.75) is 19.4 Å². The molecule has 112 valence electrons. The summed E-state index contributed by atoms with van der Waals surface area (Å²) >= 11 is 0. The van der Waals surface area contributed by atoms with E-state index in [1.807, 2.05) is 48.5 Å². The maximum atomic E-state index is 12.3. The molecule has 0 bridgehead atoms. The van der Waals surface area contributed by atoms with Crippen LogP contribution in [0.3, 0.4) is 0 Å². The highest BCUT2D eigenvalue weighted by molar-refractivity contribution is 6.07. The van der Waals surface area contributed by atoms with Crippen molar-refractivity contribution in [2.75, 3.05) is 0 Å². The molecule has 4 heteroatoms. The van der Waals surface area contributed by atoms with Gasteiger partial charge in [-0.1, -0.05) is 60.6 Å². The molecule has 22 heavy (non-hydrogen) atoms. The summed E-state index contributed by atoms with van der Waals surface area (Å²) in [6.07, 6.45) is 0.699. The number of oxime groups is 1. The molecule has 0 unspecified atom stereocenters.